The van der Waals surface area contributed by atoms with Crippen LogP contribution in [0.4, 0.5) is 0 Å². The quantitative estimate of drug-likeness (QED) is 0.906. The average molecular weight is 261 g/mol. The van der Waals surface area contributed by atoms with E-state index < -0.39 is 5.97 Å². The van der Waals surface area contributed by atoms with E-state index in [1.54, 1.807) is 6.92 Å². The van der Waals surface area contributed by atoms with E-state index in [4.69, 9.17) is 5.11 Å². The predicted molar refractivity (Wildman–Crippen MR) is 76.4 cm³/mol. The van der Waals surface area contributed by atoms with E-state index in [-0.39, 0.29) is 5.92 Å². The molecule has 0 radical (unpaired) electrons. The number of carbonyl (C=O) groups is 1. The van der Waals surface area contributed by atoms with E-state index in [1.807, 2.05) is 0 Å². The van der Waals surface area contributed by atoms with Gasteiger partial charge < -0.3 is 10.0 Å². The predicted octanol–water partition coefficient (Wildman–Crippen LogP) is 2.76. The fourth-order valence-electron chi connectivity index (χ4n) is 2.81. The number of carboxylic acid groups (broad SMARTS) is 1. The molecule has 1 saturated heterocycles. The smallest absolute Gasteiger partial charge is 0.306 e. The average Bonchev–Trinajstić information content (AvgIpc) is 2.39. The first kappa shape index (κ1) is 14.1. The third kappa shape index (κ3) is 3.80. The molecular weight excluding hydrogens is 238 g/mol. The van der Waals surface area contributed by atoms with Crippen LogP contribution in [0.5, 0.6) is 0 Å². The van der Waals surface area contributed by atoms with Gasteiger partial charge in [-0.3, -0.25) is 4.79 Å². The van der Waals surface area contributed by atoms with Gasteiger partial charge in [0.25, 0.3) is 0 Å². The van der Waals surface area contributed by atoms with Crippen LogP contribution in [0, 0.1) is 5.92 Å². The molecule has 0 amide bonds. The molecule has 2 unspecified atom stereocenters. The van der Waals surface area contributed by atoms with Crippen molar-refractivity contribution in [1.29, 1.82) is 0 Å². The zero-order valence-corrected chi connectivity index (χ0v) is 11.8. The topological polar surface area (TPSA) is 40.5 Å². The highest BCUT2D eigenvalue weighted by atomic mass is 16.4. The normalized spacial score (nSPS) is 22.1. The lowest BCUT2D eigenvalue weighted by Crippen LogP contribution is -2.30. The minimum atomic E-state index is -0.724. The van der Waals surface area contributed by atoms with E-state index >= 15 is 0 Å². The molecule has 1 aliphatic heterocycles. The van der Waals surface area contributed by atoms with Crippen LogP contribution in [0.2, 0.25) is 0 Å². The van der Waals surface area contributed by atoms with Gasteiger partial charge in [0.1, 0.15) is 0 Å². The van der Waals surface area contributed by atoms with Gasteiger partial charge in [0.2, 0.25) is 0 Å². The second-order valence-corrected chi connectivity index (χ2v) is 5.79. The Morgan fingerprint density at radius 1 is 1.42 bits per heavy atom. The van der Waals surface area contributed by atoms with Gasteiger partial charge in [0, 0.05) is 6.54 Å². The summed E-state index contributed by atoms with van der Waals surface area (Å²) in [5.41, 5.74) is 2.50. The van der Waals surface area contributed by atoms with Crippen molar-refractivity contribution in [2.24, 2.45) is 5.92 Å². The van der Waals surface area contributed by atoms with E-state index in [0.29, 0.717) is 12.3 Å². The molecule has 2 atom stereocenters. The van der Waals surface area contributed by atoms with Gasteiger partial charge in [-0.2, -0.15) is 0 Å². The van der Waals surface area contributed by atoms with E-state index in [0.717, 1.165) is 12.1 Å². The van der Waals surface area contributed by atoms with Crippen molar-refractivity contribution >= 4 is 5.97 Å². The molecule has 104 valence electrons. The lowest BCUT2D eigenvalue weighted by Gasteiger charge is -2.30. The van der Waals surface area contributed by atoms with E-state index in [1.165, 1.54) is 24.9 Å². The highest BCUT2D eigenvalue weighted by Crippen LogP contribution is 2.26. The third-order valence-corrected chi connectivity index (χ3v) is 4.04. The van der Waals surface area contributed by atoms with Gasteiger partial charge in [-0.05, 0) is 49.9 Å². The van der Waals surface area contributed by atoms with Crippen molar-refractivity contribution in [3.05, 3.63) is 35.4 Å². The van der Waals surface area contributed by atoms with Crippen LogP contribution in [0.15, 0.2) is 24.3 Å². The zero-order chi connectivity index (χ0) is 13.8. The van der Waals surface area contributed by atoms with Crippen LogP contribution in [0.1, 0.15) is 36.8 Å². The first-order valence-electron chi connectivity index (χ1n) is 7.06. The second kappa shape index (κ2) is 6.20. The molecule has 1 aliphatic rings. The fourth-order valence-corrected chi connectivity index (χ4v) is 2.81. The molecular formula is C16H23NO2. The van der Waals surface area contributed by atoms with Gasteiger partial charge in [0.15, 0.2) is 0 Å². The maximum absolute atomic E-state index is 10.8. The van der Waals surface area contributed by atoms with Crippen LogP contribution in [-0.2, 0) is 11.2 Å². The number of benzene rings is 1. The van der Waals surface area contributed by atoms with Gasteiger partial charge in [-0.25, -0.2) is 0 Å². The summed E-state index contributed by atoms with van der Waals surface area (Å²) in [6.07, 6.45) is 3.13. The Bertz CT molecular complexity index is 427. The van der Waals surface area contributed by atoms with Crippen molar-refractivity contribution in [3.63, 3.8) is 0 Å². The number of nitrogens with zero attached hydrogens (tertiary/aromatic N) is 1. The van der Waals surface area contributed by atoms with E-state index in [2.05, 4.69) is 36.2 Å². The van der Waals surface area contributed by atoms with Crippen molar-refractivity contribution in [3.8, 4) is 0 Å². The Labute approximate surface area is 115 Å². The number of likely N-dealkylation sites (N-methyl/N-ethyl adjacent to an activating group) is 1. The first-order valence-corrected chi connectivity index (χ1v) is 7.06. The largest absolute Gasteiger partial charge is 0.481 e. The molecule has 0 aromatic heterocycles. The summed E-state index contributed by atoms with van der Waals surface area (Å²) in [5.74, 6) is -0.408. The lowest BCUT2D eigenvalue weighted by atomic mass is 9.89. The summed E-state index contributed by atoms with van der Waals surface area (Å²) in [6.45, 7) is 4.09. The SMILES string of the molecule is CC(Cc1ccc(C2CCCN(C)C2)cc1)C(=O)O. The minimum absolute atomic E-state index is 0.313. The first-order chi connectivity index (χ1) is 9.06. The maximum atomic E-state index is 10.8. The van der Waals surface area contributed by atoms with Gasteiger partial charge >= 0.3 is 5.97 Å². The number of carboxylic acids is 1. The molecule has 1 N–H and O–H groups in total. The number of rotatable bonds is 4. The molecule has 0 bridgehead atoms. The zero-order valence-electron chi connectivity index (χ0n) is 11.8. The van der Waals surface area contributed by atoms with Gasteiger partial charge in [-0.1, -0.05) is 31.2 Å². The lowest BCUT2D eigenvalue weighted by molar-refractivity contribution is -0.141. The molecule has 0 saturated carbocycles. The monoisotopic (exact) mass is 261 g/mol. The molecule has 1 aromatic carbocycles. The summed E-state index contributed by atoms with van der Waals surface area (Å²) in [6, 6.07) is 8.52. The molecule has 3 nitrogen and oxygen atoms in total. The maximum Gasteiger partial charge on any atom is 0.306 e. The summed E-state index contributed by atoms with van der Waals surface area (Å²) in [4.78, 5) is 13.2. The number of likely N-dealkylation sites (tertiary alicyclic amines) is 1. The highest BCUT2D eigenvalue weighted by molar-refractivity contribution is 5.69. The summed E-state index contributed by atoms with van der Waals surface area (Å²) < 4.78 is 0. The molecule has 0 spiro atoms. The van der Waals surface area contributed by atoms with Crippen LogP contribution < -0.4 is 0 Å². The second-order valence-electron chi connectivity index (χ2n) is 5.79. The number of hydrogen-bond donors (Lipinski definition) is 1. The Balaban J connectivity index is 1.99. The summed E-state index contributed by atoms with van der Waals surface area (Å²) >= 11 is 0. The molecule has 1 fully saturated rings. The van der Waals surface area contributed by atoms with Crippen molar-refractivity contribution in [1.82, 2.24) is 4.90 Å². The third-order valence-electron chi connectivity index (χ3n) is 4.04. The molecule has 0 aliphatic carbocycles. The van der Waals surface area contributed by atoms with Crippen molar-refractivity contribution in [2.45, 2.75) is 32.1 Å². The van der Waals surface area contributed by atoms with Crippen molar-refractivity contribution < 1.29 is 9.90 Å². The number of aliphatic carboxylic acids is 1. The Morgan fingerprint density at radius 2 is 2.11 bits per heavy atom. The minimum Gasteiger partial charge on any atom is -0.481 e. The molecule has 1 heterocycles. The summed E-state index contributed by atoms with van der Waals surface area (Å²) in [7, 11) is 2.18. The van der Waals surface area contributed by atoms with Gasteiger partial charge in [-0.15, -0.1) is 0 Å². The number of piperidine rings is 1. The van der Waals surface area contributed by atoms with Crippen LogP contribution in [-0.4, -0.2) is 36.1 Å². The molecule has 2 rings (SSSR count). The van der Waals surface area contributed by atoms with Gasteiger partial charge in [0.05, 0.1) is 5.92 Å². The van der Waals surface area contributed by atoms with Crippen LogP contribution in [0.3, 0.4) is 0 Å². The molecule has 1 aromatic rings. The Kier molecular flexibility index (Phi) is 4.59. The van der Waals surface area contributed by atoms with E-state index in [9.17, 15) is 4.79 Å². The standard InChI is InChI=1S/C16H23NO2/c1-12(16(18)19)10-13-5-7-14(8-6-13)15-4-3-9-17(2)11-15/h5-8,12,15H,3-4,9-11H2,1-2H3,(H,18,19). The van der Waals surface area contributed by atoms with Crippen molar-refractivity contribution in [2.75, 3.05) is 20.1 Å². The van der Waals surface area contributed by atoms with Crippen LogP contribution >= 0.6 is 0 Å². The Hall–Kier alpha value is -1.35. The number of hydrogen-bond acceptors (Lipinski definition) is 2. The fraction of sp³-hybridized carbons (Fsp3) is 0.562. The molecule has 19 heavy (non-hydrogen) atoms. The highest BCUT2D eigenvalue weighted by Gasteiger charge is 2.19. The molecule has 3 heteroatoms. The Morgan fingerprint density at radius 3 is 2.68 bits per heavy atom. The summed E-state index contributed by atoms with van der Waals surface area (Å²) in [5, 5.41) is 8.93. The van der Waals surface area contributed by atoms with Crippen LogP contribution in [0.25, 0.3) is 0 Å².